The molecule has 0 fully saturated rings. The van der Waals surface area contributed by atoms with Crippen LogP contribution in [0.2, 0.25) is 0 Å². The highest BCUT2D eigenvalue weighted by atomic mass is 79.9. The molecule has 1 atom stereocenters. The summed E-state index contributed by atoms with van der Waals surface area (Å²) in [4.78, 5) is 0. The van der Waals surface area contributed by atoms with Crippen molar-refractivity contribution < 1.29 is 4.74 Å². The van der Waals surface area contributed by atoms with Crippen molar-refractivity contribution in [1.29, 1.82) is 0 Å². The predicted octanol–water partition coefficient (Wildman–Crippen LogP) is 2.83. The molecule has 0 spiro atoms. The van der Waals surface area contributed by atoms with Crippen molar-refractivity contribution in [2.75, 3.05) is 13.2 Å². The summed E-state index contributed by atoms with van der Waals surface area (Å²) in [5, 5.41) is 3.29. The smallest absolute Gasteiger partial charge is 0.120 e. The molecule has 0 saturated carbocycles. The van der Waals surface area contributed by atoms with Crippen LogP contribution < -0.4 is 10.1 Å². The molecule has 0 aliphatic rings. The molecule has 1 aromatic carbocycles. The van der Waals surface area contributed by atoms with Crippen molar-refractivity contribution >= 4 is 15.9 Å². The molecule has 2 nitrogen and oxygen atoms in total. The minimum absolute atomic E-state index is 0.344. The topological polar surface area (TPSA) is 21.3 Å². The van der Waals surface area contributed by atoms with Crippen molar-refractivity contribution in [3.8, 4) is 18.1 Å². The van der Waals surface area contributed by atoms with E-state index in [0.717, 1.165) is 23.2 Å². The van der Waals surface area contributed by atoms with Gasteiger partial charge in [0, 0.05) is 23.5 Å². The first kappa shape index (κ1) is 13.1. The van der Waals surface area contributed by atoms with Crippen LogP contribution in [0.25, 0.3) is 0 Å². The maximum atomic E-state index is 5.57. The number of rotatable bonds is 6. The molecule has 16 heavy (non-hydrogen) atoms. The Morgan fingerprint density at radius 1 is 1.56 bits per heavy atom. The Labute approximate surface area is 106 Å². The second-order valence-electron chi connectivity index (χ2n) is 3.57. The van der Waals surface area contributed by atoms with Gasteiger partial charge < -0.3 is 10.1 Å². The summed E-state index contributed by atoms with van der Waals surface area (Å²) in [5.41, 5.74) is 0. The molecule has 86 valence electrons. The predicted molar refractivity (Wildman–Crippen MR) is 70.6 cm³/mol. The van der Waals surface area contributed by atoms with E-state index in [0.29, 0.717) is 12.6 Å². The van der Waals surface area contributed by atoms with Crippen LogP contribution in [0.3, 0.4) is 0 Å². The van der Waals surface area contributed by atoms with Crippen molar-refractivity contribution in [2.45, 2.75) is 19.4 Å². The maximum absolute atomic E-state index is 5.57. The number of nitrogens with one attached hydrogen (secondary N) is 1. The molecule has 0 radical (unpaired) electrons. The number of ether oxygens (including phenoxy) is 1. The first-order valence-corrected chi connectivity index (χ1v) is 6.07. The number of benzene rings is 1. The van der Waals surface area contributed by atoms with Gasteiger partial charge in [0.1, 0.15) is 12.4 Å². The summed E-state index contributed by atoms with van der Waals surface area (Å²) in [6.45, 7) is 3.51. The van der Waals surface area contributed by atoms with Gasteiger partial charge in [-0.1, -0.05) is 22.0 Å². The molecule has 3 heteroatoms. The van der Waals surface area contributed by atoms with Crippen LogP contribution in [0, 0.1) is 12.3 Å². The lowest BCUT2D eigenvalue weighted by Gasteiger charge is -2.11. The summed E-state index contributed by atoms with van der Waals surface area (Å²) in [6, 6.07) is 8.16. The normalized spacial score (nSPS) is 11.8. The molecule has 0 amide bonds. The third-order valence-corrected chi connectivity index (χ3v) is 2.58. The van der Waals surface area contributed by atoms with Crippen LogP contribution in [0.5, 0.6) is 5.75 Å². The molecule has 0 saturated heterocycles. The van der Waals surface area contributed by atoms with Crippen molar-refractivity contribution in [1.82, 2.24) is 5.32 Å². The molecule has 0 bridgehead atoms. The fourth-order valence-electron chi connectivity index (χ4n) is 1.28. The molecule has 0 heterocycles. The Balaban J connectivity index is 2.19. The minimum Gasteiger partial charge on any atom is -0.492 e. The summed E-state index contributed by atoms with van der Waals surface area (Å²) in [7, 11) is 0. The molecule has 1 aromatic rings. The standard InChI is InChI=1S/C13H16BrNO/c1-3-5-11(2)15-8-9-16-13-7-4-6-12(14)10-13/h1,4,6-7,10-11,15H,5,8-9H2,2H3. The van der Waals surface area contributed by atoms with Crippen LogP contribution in [0.4, 0.5) is 0 Å². The second-order valence-corrected chi connectivity index (χ2v) is 4.48. The van der Waals surface area contributed by atoms with E-state index in [1.165, 1.54) is 0 Å². The fraction of sp³-hybridized carbons (Fsp3) is 0.385. The molecule has 1 unspecified atom stereocenters. The second kappa shape index (κ2) is 7.32. The van der Waals surface area contributed by atoms with Gasteiger partial charge in [-0.25, -0.2) is 0 Å². The van der Waals surface area contributed by atoms with Gasteiger partial charge in [0.2, 0.25) is 0 Å². The first-order chi connectivity index (χ1) is 7.72. The highest BCUT2D eigenvalue weighted by Crippen LogP contribution is 2.17. The van der Waals surface area contributed by atoms with Crippen molar-refractivity contribution in [2.24, 2.45) is 0 Å². The fourth-order valence-corrected chi connectivity index (χ4v) is 1.66. The average Bonchev–Trinajstić information content (AvgIpc) is 2.25. The zero-order valence-electron chi connectivity index (χ0n) is 9.37. The Morgan fingerprint density at radius 3 is 3.06 bits per heavy atom. The highest BCUT2D eigenvalue weighted by molar-refractivity contribution is 9.10. The van der Waals surface area contributed by atoms with Crippen LogP contribution in [0.15, 0.2) is 28.7 Å². The van der Waals surface area contributed by atoms with Crippen LogP contribution >= 0.6 is 15.9 Å². The Bertz CT molecular complexity index is 359. The number of halogens is 1. The van der Waals surface area contributed by atoms with Gasteiger partial charge in [-0.2, -0.15) is 0 Å². The highest BCUT2D eigenvalue weighted by Gasteiger charge is 1.98. The van der Waals surface area contributed by atoms with E-state index in [1.807, 2.05) is 24.3 Å². The lowest BCUT2D eigenvalue weighted by atomic mass is 10.2. The molecule has 1 rings (SSSR count). The van der Waals surface area contributed by atoms with E-state index in [-0.39, 0.29) is 0 Å². The molecular weight excluding hydrogens is 266 g/mol. The maximum Gasteiger partial charge on any atom is 0.120 e. The van der Waals surface area contributed by atoms with E-state index >= 15 is 0 Å². The summed E-state index contributed by atoms with van der Waals surface area (Å²) in [5.74, 6) is 3.50. The molecule has 0 aliphatic carbocycles. The largest absolute Gasteiger partial charge is 0.492 e. The summed E-state index contributed by atoms with van der Waals surface area (Å²) >= 11 is 3.40. The van der Waals surface area contributed by atoms with E-state index in [4.69, 9.17) is 11.2 Å². The van der Waals surface area contributed by atoms with E-state index < -0.39 is 0 Å². The summed E-state index contributed by atoms with van der Waals surface area (Å²) < 4.78 is 6.60. The van der Waals surface area contributed by atoms with Gasteiger partial charge in [0.05, 0.1) is 0 Å². The Kier molecular flexibility index (Phi) is 5.99. The van der Waals surface area contributed by atoms with E-state index in [1.54, 1.807) is 0 Å². The van der Waals surface area contributed by atoms with Gasteiger partial charge >= 0.3 is 0 Å². The van der Waals surface area contributed by atoms with Crippen molar-refractivity contribution in [3.05, 3.63) is 28.7 Å². The zero-order valence-corrected chi connectivity index (χ0v) is 11.0. The molecule has 0 aromatic heterocycles. The lowest BCUT2D eigenvalue weighted by Crippen LogP contribution is -2.29. The molecule has 1 N–H and O–H groups in total. The Hall–Kier alpha value is -0.980. The van der Waals surface area contributed by atoms with E-state index in [2.05, 4.69) is 34.1 Å². The third-order valence-electron chi connectivity index (χ3n) is 2.08. The van der Waals surface area contributed by atoms with Crippen LogP contribution in [0.1, 0.15) is 13.3 Å². The quantitative estimate of drug-likeness (QED) is 0.640. The van der Waals surface area contributed by atoms with Crippen LogP contribution in [-0.4, -0.2) is 19.2 Å². The average molecular weight is 282 g/mol. The molecule has 0 aliphatic heterocycles. The number of terminal acetylenes is 1. The van der Waals surface area contributed by atoms with Gasteiger partial charge in [0.25, 0.3) is 0 Å². The molecular formula is C13H16BrNO. The van der Waals surface area contributed by atoms with E-state index in [9.17, 15) is 0 Å². The Morgan fingerprint density at radius 2 is 2.38 bits per heavy atom. The van der Waals surface area contributed by atoms with Gasteiger partial charge in [-0.15, -0.1) is 12.3 Å². The minimum atomic E-state index is 0.344. The number of hydrogen-bond donors (Lipinski definition) is 1. The monoisotopic (exact) mass is 281 g/mol. The van der Waals surface area contributed by atoms with Gasteiger partial charge in [-0.05, 0) is 25.1 Å². The van der Waals surface area contributed by atoms with Gasteiger partial charge in [0.15, 0.2) is 0 Å². The van der Waals surface area contributed by atoms with Gasteiger partial charge in [-0.3, -0.25) is 0 Å². The number of hydrogen-bond acceptors (Lipinski definition) is 2. The lowest BCUT2D eigenvalue weighted by molar-refractivity contribution is 0.307. The SMILES string of the molecule is C#CCC(C)NCCOc1cccc(Br)c1. The van der Waals surface area contributed by atoms with Crippen molar-refractivity contribution in [3.63, 3.8) is 0 Å². The third kappa shape index (κ3) is 5.20. The first-order valence-electron chi connectivity index (χ1n) is 5.27. The van der Waals surface area contributed by atoms with Crippen LogP contribution in [-0.2, 0) is 0 Å². The summed E-state index contributed by atoms with van der Waals surface area (Å²) in [6.07, 6.45) is 5.96. The zero-order chi connectivity index (χ0) is 11.8.